The number of aryl methyl sites for hydroxylation is 1. The lowest BCUT2D eigenvalue weighted by atomic mass is 10.1. The summed E-state index contributed by atoms with van der Waals surface area (Å²) in [5.41, 5.74) is 6.17. The molecule has 0 aliphatic heterocycles. The van der Waals surface area contributed by atoms with Crippen molar-refractivity contribution < 1.29 is 0 Å². The number of thiophene rings is 1. The Balaban J connectivity index is 1.50. The monoisotopic (exact) mass is 373 g/mol. The van der Waals surface area contributed by atoms with Crippen LogP contribution in [0.15, 0.2) is 78.3 Å². The van der Waals surface area contributed by atoms with Crippen LogP contribution in [-0.4, -0.2) is 9.78 Å². The minimum absolute atomic E-state index is 0.789. The lowest BCUT2D eigenvalue weighted by Crippen LogP contribution is -2.12. The summed E-state index contributed by atoms with van der Waals surface area (Å²) in [6, 6.07) is 23.4. The Labute approximate surface area is 164 Å². The zero-order chi connectivity index (χ0) is 18.5. The SMILES string of the molecule is Cc1ccc(CNCc2cn(Cc3ccccc3)nc2-c2cccs2)cc1. The van der Waals surface area contributed by atoms with E-state index in [-0.39, 0.29) is 0 Å². The summed E-state index contributed by atoms with van der Waals surface area (Å²) < 4.78 is 2.05. The van der Waals surface area contributed by atoms with Crippen molar-refractivity contribution >= 4 is 11.3 Å². The predicted molar refractivity (Wildman–Crippen MR) is 113 cm³/mol. The second-order valence-electron chi connectivity index (χ2n) is 6.75. The topological polar surface area (TPSA) is 29.9 Å². The molecule has 2 aromatic heterocycles. The van der Waals surface area contributed by atoms with Crippen LogP contribution in [0.5, 0.6) is 0 Å². The van der Waals surface area contributed by atoms with E-state index in [0.717, 1.165) is 25.3 Å². The van der Waals surface area contributed by atoms with Crippen LogP contribution in [0.1, 0.15) is 22.3 Å². The van der Waals surface area contributed by atoms with Crippen molar-refractivity contribution in [2.45, 2.75) is 26.6 Å². The number of rotatable bonds is 7. The molecule has 0 saturated carbocycles. The van der Waals surface area contributed by atoms with Crippen molar-refractivity contribution in [1.29, 1.82) is 0 Å². The highest BCUT2D eigenvalue weighted by Crippen LogP contribution is 2.27. The molecule has 0 aliphatic rings. The van der Waals surface area contributed by atoms with Gasteiger partial charge in [-0.05, 0) is 29.5 Å². The Hall–Kier alpha value is -2.69. The Kier molecular flexibility index (Phi) is 5.47. The van der Waals surface area contributed by atoms with Crippen LogP contribution in [0.3, 0.4) is 0 Å². The molecule has 4 aromatic rings. The highest BCUT2D eigenvalue weighted by atomic mass is 32.1. The summed E-state index contributed by atoms with van der Waals surface area (Å²) in [6.07, 6.45) is 2.17. The fraction of sp³-hybridized carbons (Fsp3) is 0.174. The van der Waals surface area contributed by atoms with Gasteiger partial charge in [-0.15, -0.1) is 11.3 Å². The molecule has 0 amide bonds. The van der Waals surface area contributed by atoms with Gasteiger partial charge in [0.25, 0.3) is 0 Å². The van der Waals surface area contributed by atoms with Gasteiger partial charge < -0.3 is 5.32 Å². The van der Waals surface area contributed by atoms with E-state index in [2.05, 4.69) is 84.5 Å². The molecular weight excluding hydrogens is 350 g/mol. The lowest BCUT2D eigenvalue weighted by Gasteiger charge is -2.05. The van der Waals surface area contributed by atoms with E-state index in [4.69, 9.17) is 5.10 Å². The van der Waals surface area contributed by atoms with Crippen molar-refractivity contribution in [2.24, 2.45) is 0 Å². The van der Waals surface area contributed by atoms with Gasteiger partial charge in [-0.3, -0.25) is 4.68 Å². The fourth-order valence-electron chi connectivity index (χ4n) is 3.11. The standard InChI is InChI=1S/C23H23N3S/c1-18-9-11-19(12-10-18)14-24-15-21-17-26(16-20-6-3-2-4-7-20)25-23(21)22-8-5-13-27-22/h2-13,17,24H,14-16H2,1H3. The van der Waals surface area contributed by atoms with Crippen LogP contribution in [-0.2, 0) is 19.6 Å². The van der Waals surface area contributed by atoms with E-state index in [1.54, 1.807) is 11.3 Å². The molecule has 1 N–H and O–H groups in total. The molecule has 136 valence electrons. The fourth-order valence-corrected chi connectivity index (χ4v) is 3.86. The first-order chi connectivity index (χ1) is 13.3. The largest absolute Gasteiger partial charge is 0.308 e. The number of nitrogens with zero attached hydrogens (tertiary/aromatic N) is 2. The lowest BCUT2D eigenvalue weighted by molar-refractivity contribution is 0.677. The Morgan fingerprint density at radius 2 is 1.70 bits per heavy atom. The van der Waals surface area contributed by atoms with E-state index in [9.17, 15) is 0 Å². The van der Waals surface area contributed by atoms with Crippen LogP contribution in [0.25, 0.3) is 10.6 Å². The molecule has 0 aliphatic carbocycles. The average Bonchev–Trinajstić information content (AvgIpc) is 3.34. The summed E-state index contributed by atoms with van der Waals surface area (Å²) in [5.74, 6) is 0. The van der Waals surface area contributed by atoms with Gasteiger partial charge in [-0.25, -0.2) is 0 Å². The minimum atomic E-state index is 0.789. The summed E-state index contributed by atoms with van der Waals surface area (Å²) >= 11 is 1.74. The second-order valence-corrected chi connectivity index (χ2v) is 7.70. The van der Waals surface area contributed by atoms with Gasteiger partial charge in [-0.2, -0.15) is 5.10 Å². The van der Waals surface area contributed by atoms with Crippen LogP contribution in [0.2, 0.25) is 0 Å². The molecule has 4 rings (SSSR count). The number of hydrogen-bond donors (Lipinski definition) is 1. The van der Waals surface area contributed by atoms with Crippen molar-refractivity contribution in [3.8, 4) is 10.6 Å². The molecule has 0 bridgehead atoms. The molecule has 3 nitrogen and oxygen atoms in total. The number of aromatic nitrogens is 2. The van der Waals surface area contributed by atoms with Crippen LogP contribution in [0.4, 0.5) is 0 Å². The van der Waals surface area contributed by atoms with Gasteiger partial charge in [-0.1, -0.05) is 66.2 Å². The van der Waals surface area contributed by atoms with Gasteiger partial charge in [0.1, 0.15) is 5.69 Å². The Morgan fingerprint density at radius 3 is 2.44 bits per heavy atom. The molecule has 0 fully saturated rings. The van der Waals surface area contributed by atoms with E-state index in [1.165, 1.54) is 27.1 Å². The van der Waals surface area contributed by atoms with Gasteiger partial charge in [0.15, 0.2) is 0 Å². The van der Waals surface area contributed by atoms with Gasteiger partial charge in [0.2, 0.25) is 0 Å². The highest BCUT2D eigenvalue weighted by Gasteiger charge is 2.12. The normalized spacial score (nSPS) is 11.0. The van der Waals surface area contributed by atoms with E-state index in [1.807, 2.05) is 10.7 Å². The first-order valence-electron chi connectivity index (χ1n) is 9.18. The molecule has 2 aromatic carbocycles. The Morgan fingerprint density at radius 1 is 0.889 bits per heavy atom. The predicted octanol–water partition coefficient (Wildman–Crippen LogP) is 5.26. The molecular formula is C23H23N3S. The third kappa shape index (κ3) is 4.54. The molecule has 0 spiro atoms. The zero-order valence-electron chi connectivity index (χ0n) is 15.4. The van der Waals surface area contributed by atoms with E-state index < -0.39 is 0 Å². The molecule has 4 heteroatoms. The summed E-state index contributed by atoms with van der Waals surface area (Å²) in [5, 5.41) is 10.5. The number of hydrogen-bond acceptors (Lipinski definition) is 3. The molecule has 27 heavy (non-hydrogen) atoms. The summed E-state index contributed by atoms with van der Waals surface area (Å²) in [4.78, 5) is 1.22. The maximum atomic E-state index is 4.87. The molecule has 0 atom stereocenters. The number of benzene rings is 2. The average molecular weight is 374 g/mol. The summed E-state index contributed by atoms with van der Waals surface area (Å²) in [6.45, 7) is 4.56. The molecule has 2 heterocycles. The Bertz CT molecular complexity index is 970. The number of nitrogens with one attached hydrogen (secondary N) is 1. The van der Waals surface area contributed by atoms with Crippen LogP contribution < -0.4 is 5.32 Å². The first-order valence-corrected chi connectivity index (χ1v) is 10.1. The van der Waals surface area contributed by atoms with Crippen molar-refractivity contribution in [3.05, 3.63) is 101 Å². The minimum Gasteiger partial charge on any atom is -0.308 e. The van der Waals surface area contributed by atoms with Gasteiger partial charge >= 0.3 is 0 Å². The molecule has 0 unspecified atom stereocenters. The van der Waals surface area contributed by atoms with Gasteiger partial charge in [0, 0.05) is 24.8 Å². The first kappa shape index (κ1) is 17.7. The highest BCUT2D eigenvalue weighted by molar-refractivity contribution is 7.13. The third-order valence-corrected chi connectivity index (χ3v) is 5.42. The van der Waals surface area contributed by atoms with E-state index in [0.29, 0.717) is 0 Å². The summed E-state index contributed by atoms with van der Waals surface area (Å²) in [7, 11) is 0. The maximum Gasteiger partial charge on any atom is 0.107 e. The second kappa shape index (κ2) is 8.33. The van der Waals surface area contributed by atoms with Gasteiger partial charge in [0.05, 0.1) is 11.4 Å². The van der Waals surface area contributed by atoms with Crippen LogP contribution >= 0.6 is 11.3 Å². The zero-order valence-corrected chi connectivity index (χ0v) is 16.2. The maximum absolute atomic E-state index is 4.87. The quantitative estimate of drug-likeness (QED) is 0.479. The third-order valence-electron chi connectivity index (χ3n) is 4.54. The molecule has 0 radical (unpaired) electrons. The van der Waals surface area contributed by atoms with E-state index >= 15 is 0 Å². The van der Waals surface area contributed by atoms with Crippen LogP contribution in [0, 0.1) is 6.92 Å². The molecule has 0 saturated heterocycles. The van der Waals surface area contributed by atoms with Crippen molar-refractivity contribution in [3.63, 3.8) is 0 Å². The van der Waals surface area contributed by atoms with Crippen molar-refractivity contribution in [1.82, 2.24) is 15.1 Å². The smallest absolute Gasteiger partial charge is 0.107 e. The van der Waals surface area contributed by atoms with Crippen molar-refractivity contribution in [2.75, 3.05) is 0 Å².